The molecule has 1 atom stereocenters. The number of rotatable bonds is 6. The number of carbonyl (C=O) groups excluding carboxylic acids is 1. The Morgan fingerprint density at radius 3 is 3.12 bits per heavy atom. The van der Waals surface area contributed by atoms with Crippen LogP contribution < -0.4 is 5.32 Å². The average Bonchev–Trinajstić information content (AvgIpc) is 3.25. The number of likely N-dealkylation sites (tertiary alicyclic amines) is 1. The highest BCUT2D eigenvalue weighted by atomic mass is 16.3. The van der Waals surface area contributed by atoms with Gasteiger partial charge in [0.1, 0.15) is 5.76 Å². The van der Waals surface area contributed by atoms with Crippen molar-refractivity contribution in [3.8, 4) is 0 Å². The van der Waals surface area contributed by atoms with Gasteiger partial charge in [-0.05, 0) is 43.1 Å². The maximum Gasteiger partial charge on any atom is 0.317 e. The van der Waals surface area contributed by atoms with E-state index in [0.717, 1.165) is 38.4 Å². The molecule has 2 aromatic heterocycles. The van der Waals surface area contributed by atoms with Crippen LogP contribution >= 0.6 is 0 Å². The summed E-state index contributed by atoms with van der Waals surface area (Å²) in [4.78, 5) is 20.6. The molecule has 0 saturated carbocycles. The normalized spacial score (nSPS) is 17.4. The third kappa shape index (κ3) is 4.58. The highest BCUT2D eigenvalue weighted by Crippen LogP contribution is 2.18. The summed E-state index contributed by atoms with van der Waals surface area (Å²) in [5, 5.41) is 2.91. The molecule has 2 amide bonds. The van der Waals surface area contributed by atoms with E-state index in [-0.39, 0.29) is 6.03 Å². The molecular weight excluding hydrogens is 304 g/mol. The van der Waals surface area contributed by atoms with Crippen molar-refractivity contribution in [1.29, 1.82) is 0 Å². The van der Waals surface area contributed by atoms with Crippen LogP contribution in [-0.4, -0.2) is 47.5 Å². The molecule has 1 aliphatic heterocycles. The Morgan fingerprint density at radius 1 is 1.46 bits per heavy atom. The predicted molar refractivity (Wildman–Crippen MR) is 91.2 cm³/mol. The van der Waals surface area contributed by atoms with Crippen LogP contribution in [0.4, 0.5) is 4.79 Å². The summed E-state index contributed by atoms with van der Waals surface area (Å²) in [7, 11) is 2.12. The molecule has 1 aliphatic rings. The topological polar surface area (TPSA) is 61.6 Å². The first kappa shape index (κ1) is 16.5. The van der Waals surface area contributed by atoms with Gasteiger partial charge in [-0.2, -0.15) is 0 Å². The molecule has 128 valence electrons. The van der Waals surface area contributed by atoms with Crippen molar-refractivity contribution in [2.45, 2.75) is 19.5 Å². The molecular formula is C18H24N4O2. The number of nitrogens with one attached hydrogen (secondary N) is 1. The standard InChI is InChI=1S/C18H24N4O2/c1-21(12-15-4-2-7-19-10-15)13-16-6-8-22(14-16)18(23)20-11-17-5-3-9-24-17/h2-5,7,9-10,16H,6,8,11-14H2,1H3,(H,20,23)/t16-/m1/s1. The maximum absolute atomic E-state index is 12.2. The molecule has 0 aromatic carbocycles. The van der Waals surface area contributed by atoms with Gasteiger partial charge in [-0.15, -0.1) is 0 Å². The van der Waals surface area contributed by atoms with E-state index in [9.17, 15) is 4.79 Å². The summed E-state index contributed by atoms with van der Waals surface area (Å²) in [5.41, 5.74) is 1.21. The fourth-order valence-corrected chi connectivity index (χ4v) is 3.16. The lowest BCUT2D eigenvalue weighted by molar-refractivity contribution is 0.202. The zero-order valence-corrected chi connectivity index (χ0v) is 14.0. The fourth-order valence-electron chi connectivity index (χ4n) is 3.16. The van der Waals surface area contributed by atoms with E-state index in [0.29, 0.717) is 12.5 Å². The summed E-state index contributed by atoms with van der Waals surface area (Å²) < 4.78 is 5.23. The molecule has 24 heavy (non-hydrogen) atoms. The Hall–Kier alpha value is -2.34. The first-order valence-corrected chi connectivity index (χ1v) is 8.33. The summed E-state index contributed by atoms with van der Waals surface area (Å²) >= 11 is 0. The number of nitrogens with zero attached hydrogens (tertiary/aromatic N) is 3. The van der Waals surface area contributed by atoms with Crippen LogP contribution in [0.5, 0.6) is 0 Å². The lowest BCUT2D eigenvalue weighted by Gasteiger charge is -2.21. The van der Waals surface area contributed by atoms with Crippen molar-refractivity contribution in [1.82, 2.24) is 20.1 Å². The molecule has 6 nitrogen and oxygen atoms in total. The lowest BCUT2D eigenvalue weighted by Crippen LogP contribution is -2.38. The third-order valence-corrected chi connectivity index (χ3v) is 4.31. The first-order chi connectivity index (χ1) is 11.7. The first-order valence-electron chi connectivity index (χ1n) is 8.33. The highest BCUT2D eigenvalue weighted by Gasteiger charge is 2.26. The van der Waals surface area contributed by atoms with E-state index < -0.39 is 0 Å². The van der Waals surface area contributed by atoms with Crippen LogP contribution in [0, 0.1) is 5.92 Å². The van der Waals surface area contributed by atoms with Gasteiger partial charge in [0.05, 0.1) is 12.8 Å². The molecule has 3 rings (SSSR count). The molecule has 1 saturated heterocycles. The molecule has 0 bridgehead atoms. The van der Waals surface area contributed by atoms with E-state index in [2.05, 4.69) is 28.3 Å². The van der Waals surface area contributed by atoms with Crippen LogP contribution in [-0.2, 0) is 13.1 Å². The molecule has 0 radical (unpaired) electrons. The number of amides is 2. The Balaban J connectivity index is 1.40. The van der Waals surface area contributed by atoms with E-state index >= 15 is 0 Å². The van der Waals surface area contributed by atoms with Crippen LogP contribution in [0.1, 0.15) is 17.7 Å². The van der Waals surface area contributed by atoms with E-state index in [1.165, 1.54) is 5.56 Å². The highest BCUT2D eigenvalue weighted by molar-refractivity contribution is 5.74. The van der Waals surface area contributed by atoms with E-state index in [1.54, 1.807) is 12.5 Å². The van der Waals surface area contributed by atoms with Gasteiger partial charge in [0, 0.05) is 38.6 Å². The molecule has 1 fully saturated rings. The maximum atomic E-state index is 12.2. The lowest BCUT2D eigenvalue weighted by atomic mass is 10.1. The van der Waals surface area contributed by atoms with Crippen molar-refractivity contribution in [3.63, 3.8) is 0 Å². The summed E-state index contributed by atoms with van der Waals surface area (Å²) in [6, 6.07) is 7.73. The minimum atomic E-state index is -0.0104. The summed E-state index contributed by atoms with van der Waals surface area (Å²) in [5.74, 6) is 1.29. The summed E-state index contributed by atoms with van der Waals surface area (Å²) in [6.45, 7) is 3.93. The molecule has 0 aliphatic carbocycles. The van der Waals surface area contributed by atoms with Gasteiger partial charge in [0.15, 0.2) is 0 Å². The second-order valence-electron chi connectivity index (χ2n) is 6.40. The van der Waals surface area contributed by atoms with Crippen molar-refractivity contribution < 1.29 is 9.21 Å². The second kappa shape index (κ2) is 7.97. The van der Waals surface area contributed by atoms with Crippen molar-refractivity contribution in [2.75, 3.05) is 26.7 Å². The zero-order valence-electron chi connectivity index (χ0n) is 14.0. The number of hydrogen-bond donors (Lipinski definition) is 1. The summed E-state index contributed by atoms with van der Waals surface area (Å²) in [6.07, 6.45) is 6.36. The number of hydrogen-bond acceptors (Lipinski definition) is 4. The van der Waals surface area contributed by atoms with E-state index in [4.69, 9.17) is 4.42 Å². The van der Waals surface area contributed by atoms with E-state index in [1.807, 2.05) is 29.3 Å². The Bertz CT molecular complexity index is 630. The molecule has 1 N–H and O–H groups in total. The molecule has 3 heterocycles. The Labute approximate surface area is 142 Å². The number of carbonyl (C=O) groups is 1. The fraction of sp³-hybridized carbons (Fsp3) is 0.444. The van der Waals surface area contributed by atoms with Crippen molar-refractivity contribution in [3.05, 3.63) is 54.2 Å². The van der Waals surface area contributed by atoms with Gasteiger partial charge < -0.3 is 19.5 Å². The predicted octanol–water partition coefficient (Wildman–Crippen LogP) is 2.34. The average molecular weight is 328 g/mol. The number of urea groups is 1. The van der Waals surface area contributed by atoms with Crippen molar-refractivity contribution in [2.24, 2.45) is 5.92 Å². The van der Waals surface area contributed by atoms with Gasteiger partial charge in [-0.25, -0.2) is 4.79 Å². The second-order valence-corrected chi connectivity index (χ2v) is 6.40. The van der Waals surface area contributed by atoms with Gasteiger partial charge in [-0.3, -0.25) is 4.98 Å². The minimum absolute atomic E-state index is 0.0104. The van der Waals surface area contributed by atoms with Gasteiger partial charge in [0.2, 0.25) is 0 Å². The largest absolute Gasteiger partial charge is 0.467 e. The van der Waals surface area contributed by atoms with Gasteiger partial charge >= 0.3 is 6.03 Å². The number of aromatic nitrogens is 1. The molecule has 0 unspecified atom stereocenters. The Kier molecular flexibility index (Phi) is 5.48. The SMILES string of the molecule is CN(Cc1cccnc1)C[C@H]1CCN(C(=O)NCc2ccco2)C1. The Morgan fingerprint density at radius 2 is 2.38 bits per heavy atom. The smallest absolute Gasteiger partial charge is 0.317 e. The van der Waals surface area contributed by atoms with Gasteiger partial charge in [-0.1, -0.05) is 6.07 Å². The van der Waals surface area contributed by atoms with Crippen LogP contribution in [0.2, 0.25) is 0 Å². The quantitative estimate of drug-likeness (QED) is 0.884. The van der Waals surface area contributed by atoms with Crippen LogP contribution in [0.25, 0.3) is 0 Å². The van der Waals surface area contributed by atoms with Gasteiger partial charge in [0.25, 0.3) is 0 Å². The minimum Gasteiger partial charge on any atom is -0.467 e. The molecule has 2 aromatic rings. The molecule has 0 spiro atoms. The molecule has 6 heteroatoms. The van der Waals surface area contributed by atoms with Crippen molar-refractivity contribution >= 4 is 6.03 Å². The van der Waals surface area contributed by atoms with Crippen LogP contribution in [0.15, 0.2) is 47.3 Å². The number of pyridine rings is 1. The van der Waals surface area contributed by atoms with Crippen LogP contribution in [0.3, 0.4) is 0 Å². The third-order valence-electron chi connectivity index (χ3n) is 4.31. The monoisotopic (exact) mass is 328 g/mol. The number of furan rings is 1. The zero-order chi connectivity index (χ0) is 16.8.